The quantitative estimate of drug-likeness (QED) is 0.631. The van der Waals surface area contributed by atoms with Gasteiger partial charge >= 0.3 is 5.97 Å². The number of amides is 1. The van der Waals surface area contributed by atoms with Crippen molar-refractivity contribution in [2.45, 2.75) is 19.4 Å². The van der Waals surface area contributed by atoms with Crippen LogP contribution < -0.4 is 5.32 Å². The molecule has 2 rings (SSSR count). The zero-order valence-corrected chi connectivity index (χ0v) is 12.6. The molecule has 0 aliphatic carbocycles. The summed E-state index contributed by atoms with van der Waals surface area (Å²) in [7, 11) is 0. The molecule has 23 heavy (non-hydrogen) atoms. The molecule has 0 bridgehead atoms. The minimum Gasteiger partial charge on any atom is -0.461 e. The second-order valence-electron chi connectivity index (χ2n) is 5.01. The zero-order chi connectivity index (χ0) is 16.5. The molecule has 120 valence electrons. The van der Waals surface area contributed by atoms with E-state index in [1.807, 2.05) is 6.07 Å². The van der Waals surface area contributed by atoms with Gasteiger partial charge in [-0.15, -0.1) is 0 Å². The molecule has 5 heteroatoms. The van der Waals surface area contributed by atoms with Crippen LogP contribution in [0.2, 0.25) is 0 Å². The van der Waals surface area contributed by atoms with Crippen LogP contribution in [0.1, 0.15) is 28.8 Å². The van der Waals surface area contributed by atoms with Crippen molar-refractivity contribution in [3.63, 3.8) is 0 Å². The number of esters is 1. The number of nitrogens with one attached hydrogen (secondary N) is 1. The Labute approximate surface area is 134 Å². The molecule has 1 N–H and O–H groups in total. The molecular formula is C18H18FNO3. The van der Waals surface area contributed by atoms with Gasteiger partial charge in [0.15, 0.2) is 0 Å². The lowest BCUT2D eigenvalue weighted by atomic mass is 10.2. The third kappa shape index (κ3) is 5.90. The molecule has 0 aliphatic heterocycles. The summed E-state index contributed by atoms with van der Waals surface area (Å²) < 4.78 is 17.8. The molecule has 0 aliphatic rings. The first kappa shape index (κ1) is 16.7. The van der Waals surface area contributed by atoms with Crippen LogP contribution in [0.15, 0.2) is 54.6 Å². The van der Waals surface area contributed by atoms with Crippen LogP contribution in [0.3, 0.4) is 0 Å². The number of halogens is 1. The second kappa shape index (κ2) is 8.68. The molecule has 0 heterocycles. The molecule has 2 aromatic carbocycles. The third-order valence-electron chi connectivity index (χ3n) is 3.19. The highest BCUT2D eigenvalue weighted by molar-refractivity contribution is 5.94. The first-order chi connectivity index (χ1) is 11.1. The molecule has 4 nitrogen and oxygen atoms in total. The van der Waals surface area contributed by atoms with E-state index in [9.17, 15) is 14.0 Å². The van der Waals surface area contributed by atoms with Gasteiger partial charge in [0, 0.05) is 18.5 Å². The first-order valence-corrected chi connectivity index (χ1v) is 7.38. The topological polar surface area (TPSA) is 55.4 Å². The molecule has 0 unspecified atom stereocenters. The minimum atomic E-state index is -0.344. The maximum atomic E-state index is 12.7. The first-order valence-electron chi connectivity index (χ1n) is 7.38. The SMILES string of the molecule is O=C(CCCNC(=O)c1ccccc1)OCc1ccc(F)cc1. The summed E-state index contributed by atoms with van der Waals surface area (Å²) in [6, 6.07) is 14.7. The van der Waals surface area contributed by atoms with E-state index in [-0.39, 0.29) is 30.7 Å². The van der Waals surface area contributed by atoms with Gasteiger partial charge in [0.25, 0.3) is 5.91 Å². The Morgan fingerprint density at radius 1 is 1.00 bits per heavy atom. The molecule has 0 saturated heterocycles. The number of carbonyl (C=O) groups is 2. The smallest absolute Gasteiger partial charge is 0.306 e. The van der Waals surface area contributed by atoms with Crippen molar-refractivity contribution in [1.29, 1.82) is 0 Å². The van der Waals surface area contributed by atoms with E-state index in [2.05, 4.69) is 5.32 Å². The van der Waals surface area contributed by atoms with E-state index >= 15 is 0 Å². The highest BCUT2D eigenvalue weighted by Crippen LogP contribution is 2.05. The number of hydrogen-bond acceptors (Lipinski definition) is 3. The lowest BCUT2D eigenvalue weighted by Gasteiger charge is -2.06. The van der Waals surface area contributed by atoms with Crippen LogP contribution in [-0.2, 0) is 16.1 Å². The highest BCUT2D eigenvalue weighted by Gasteiger charge is 2.06. The summed E-state index contributed by atoms with van der Waals surface area (Å²) in [5.74, 6) is -0.831. The van der Waals surface area contributed by atoms with Crippen LogP contribution in [0.25, 0.3) is 0 Å². The summed E-state index contributed by atoms with van der Waals surface area (Å²) in [6.45, 7) is 0.523. The number of hydrogen-bond donors (Lipinski definition) is 1. The van der Waals surface area contributed by atoms with Gasteiger partial charge in [0.05, 0.1) is 0 Å². The molecule has 2 aromatic rings. The molecule has 0 spiro atoms. The van der Waals surface area contributed by atoms with E-state index in [0.717, 1.165) is 5.56 Å². The molecule has 0 atom stereocenters. The van der Waals surface area contributed by atoms with Gasteiger partial charge in [-0.05, 0) is 36.2 Å². The lowest BCUT2D eigenvalue weighted by molar-refractivity contribution is -0.145. The van der Waals surface area contributed by atoms with E-state index in [0.29, 0.717) is 18.5 Å². The predicted octanol–water partition coefficient (Wildman–Crippen LogP) is 3.08. The fourth-order valence-electron chi connectivity index (χ4n) is 1.94. The zero-order valence-electron chi connectivity index (χ0n) is 12.6. The van der Waals surface area contributed by atoms with Crippen LogP contribution in [0.4, 0.5) is 4.39 Å². The number of ether oxygens (including phenoxy) is 1. The summed E-state index contributed by atoms with van der Waals surface area (Å²) in [4.78, 5) is 23.4. The van der Waals surface area contributed by atoms with E-state index < -0.39 is 0 Å². The summed E-state index contributed by atoms with van der Waals surface area (Å²) in [5.41, 5.74) is 1.32. The van der Waals surface area contributed by atoms with Crippen LogP contribution >= 0.6 is 0 Å². The Bertz CT molecular complexity index is 641. The van der Waals surface area contributed by atoms with E-state index in [1.54, 1.807) is 36.4 Å². The normalized spacial score (nSPS) is 10.1. The van der Waals surface area contributed by atoms with Gasteiger partial charge in [0.2, 0.25) is 0 Å². The monoisotopic (exact) mass is 315 g/mol. The van der Waals surface area contributed by atoms with Crippen molar-refractivity contribution < 1.29 is 18.7 Å². The van der Waals surface area contributed by atoms with Crippen LogP contribution in [0, 0.1) is 5.82 Å². The van der Waals surface area contributed by atoms with Gasteiger partial charge in [-0.2, -0.15) is 0 Å². The third-order valence-corrected chi connectivity index (χ3v) is 3.19. The second-order valence-corrected chi connectivity index (χ2v) is 5.01. The molecular weight excluding hydrogens is 297 g/mol. The van der Waals surface area contributed by atoms with Gasteiger partial charge in [-0.25, -0.2) is 4.39 Å². The van der Waals surface area contributed by atoms with Gasteiger partial charge in [0.1, 0.15) is 12.4 Å². The molecule has 0 aromatic heterocycles. The summed E-state index contributed by atoms with van der Waals surface area (Å²) in [5, 5.41) is 2.75. The maximum absolute atomic E-state index is 12.7. The number of benzene rings is 2. The Balaban J connectivity index is 1.61. The van der Waals surface area contributed by atoms with E-state index in [4.69, 9.17) is 4.74 Å². The van der Waals surface area contributed by atoms with Crippen LogP contribution in [0.5, 0.6) is 0 Å². The average molecular weight is 315 g/mol. The molecule has 1 amide bonds. The standard InChI is InChI=1S/C18H18FNO3/c19-16-10-8-14(9-11-16)13-23-17(21)7-4-12-20-18(22)15-5-2-1-3-6-15/h1-3,5-6,8-11H,4,7,12-13H2,(H,20,22). The molecule has 0 fully saturated rings. The molecule has 0 radical (unpaired) electrons. The highest BCUT2D eigenvalue weighted by atomic mass is 19.1. The van der Waals surface area contributed by atoms with Gasteiger partial charge in [-0.1, -0.05) is 30.3 Å². The fourth-order valence-corrected chi connectivity index (χ4v) is 1.94. The Morgan fingerprint density at radius 3 is 2.39 bits per heavy atom. The van der Waals surface area contributed by atoms with Gasteiger partial charge < -0.3 is 10.1 Å². The van der Waals surface area contributed by atoms with Crippen LogP contribution in [-0.4, -0.2) is 18.4 Å². The fraction of sp³-hybridized carbons (Fsp3) is 0.222. The average Bonchev–Trinajstić information content (AvgIpc) is 2.59. The van der Waals surface area contributed by atoms with E-state index in [1.165, 1.54) is 12.1 Å². The number of rotatable bonds is 7. The van der Waals surface area contributed by atoms with Crippen molar-refractivity contribution >= 4 is 11.9 Å². The van der Waals surface area contributed by atoms with Crippen molar-refractivity contribution in [3.05, 3.63) is 71.5 Å². The summed E-state index contributed by atoms with van der Waals surface area (Å²) in [6.07, 6.45) is 0.719. The predicted molar refractivity (Wildman–Crippen MR) is 84.2 cm³/mol. The van der Waals surface area contributed by atoms with Crippen molar-refractivity contribution in [2.75, 3.05) is 6.54 Å². The maximum Gasteiger partial charge on any atom is 0.306 e. The summed E-state index contributed by atoms with van der Waals surface area (Å²) >= 11 is 0. The Morgan fingerprint density at radius 2 is 1.70 bits per heavy atom. The Kier molecular flexibility index (Phi) is 6.29. The Hall–Kier alpha value is -2.69. The lowest BCUT2D eigenvalue weighted by Crippen LogP contribution is -2.24. The van der Waals surface area contributed by atoms with Crippen molar-refractivity contribution in [3.8, 4) is 0 Å². The molecule has 0 saturated carbocycles. The number of carbonyl (C=O) groups excluding carboxylic acids is 2. The van der Waals surface area contributed by atoms with Gasteiger partial charge in [-0.3, -0.25) is 9.59 Å². The van der Waals surface area contributed by atoms with Crippen molar-refractivity contribution in [1.82, 2.24) is 5.32 Å². The minimum absolute atomic E-state index is 0.121. The van der Waals surface area contributed by atoms with Crippen molar-refractivity contribution in [2.24, 2.45) is 0 Å². The largest absolute Gasteiger partial charge is 0.461 e.